The number of ether oxygens (including phenoxy) is 1. The van der Waals surface area contributed by atoms with Gasteiger partial charge < -0.3 is 25.6 Å². The van der Waals surface area contributed by atoms with Crippen molar-refractivity contribution in [1.82, 2.24) is 20.6 Å². The number of benzene rings is 3. The van der Waals surface area contributed by atoms with Crippen LogP contribution in [0.4, 0.5) is 0 Å². The van der Waals surface area contributed by atoms with Crippen LogP contribution in [0.1, 0.15) is 81.3 Å². The second-order valence-electron chi connectivity index (χ2n) is 13.4. The van der Waals surface area contributed by atoms with Gasteiger partial charge >= 0.3 is 5.97 Å². The number of amides is 2. The van der Waals surface area contributed by atoms with Gasteiger partial charge in [0.2, 0.25) is 5.91 Å². The third-order valence-electron chi connectivity index (χ3n) is 8.44. The molecule has 4 rings (SSSR count). The van der Waals surface area contributed by atoms with Crippen LogP contribution in [0.5, 0.6) is 5.75 Å². The molecule has 2 amide bonds. The predicted octanol–water partition coefficient (Wildman–Crippen LogP) is 6.36. The first-order valence-electron chi connectivity index (χ1n) is 17.2. The van der Waals surface area contributed by atoms with Gasteiger partial charge in [-0.3, -0.25) is 9.59 Å². The van der Waals surface area contributed by atoms with Crippen LogP contribution in [0.3, 0.4) is 0 Å². The molecule has 3 aromatic carbocycles. The Labute approximate surface area is 294 Å². The van der Waals surface area contributed by atoms with E-state index in [-0.39, 0.29) is 11.8 Å². The number of nitrogens with zero attached hydrogens (tertiary/aromatic N) is 2. The van der Waals surface area contributed by atoms with Crippen molar-refractivity contribution in [1.29, 1.82) is 0 Å². The number of aliphatic carboxylic acids is 1. The van der Waals surface area contributed by atoms with Crippen LogP contribution >= 0.6 is 0 Å². The van der Waals surface area contributed by atoms with Crippen LogP contribution in [0.15, 0.2) is 85.2 Å². The third-order valence-corrected chi connectivity index (χ3v) is 8.44. The van der Waals surface area contributed by atoms with E-state index in [4.69, 9.17) is 4.74 Å². The van der Waals surface area contributed by atoms with Crippen molar-refractivity contribution in [3.8, 4) is 28.3 Å². The van der Waals surface area contributed by atoms with Gasteiger partial charge in [-0.15, -0.1) is 0 Å². The first-order chi connectivity index (χ1) is 24.0. The summed E-state index contributed by atoms with van der Waals surface area (Å²) in [6.45, 7) is 8.34. The number of carboxylic acid groups (broad SMARTS) is 1. The molecule has 0 saturated carbocycles. The molecule has 1 heterocycles. The van der Waals surface area contributed by atoms with E-state index in [1.165, 1.54) is 25.7 Å². The van der Waals surface area contributed by atoms with E-state index in [9.17, 15) is 24.6 Å². The molecule has 4 aromatic rings. The zero-order chi connectivity index (χ0) is 36.1. The molecular formula is C40H48N4O6. The number of nitrogens with one attached hydrogen (secondary N) is 2. The standard InChI is InChI=1S/C40H48N4O6/c1-5-6-7-8-9-22-50-33-20-16-28(17-21-33)31-24-41-36(42-25-31)29-12-10-27(11-13-29)23-34(38(47)44-35(26-45)39(48)49)43-37(46)30-14-18-32(19-15-30)40(2,3)4/h10-21,24-25,34-35,45H,5-9,22-23,26H2,1-4H3,(H,43,46)(H,44,47)(H,48,49)/t34-,35?/m0/s1. The Balaban J connectivity index is 1.41. The summed E-state index contributed by atoms with van der Waals surface area (Å²) in [5, 5.41) is 23.9. The number of carbonyl (C=O) groups is 3. The minimum Gasteiger partial charge on any atom is -0.494 e. The first-order valence-corrected chi connectivity index (χ1v) is 17.2. The lowest BCUT2D eigenvalue weighted by molar-refractivity contribution is -0.143. The Hall–Kier alpha value is -5.09. The van der Waals surface area contributed by atoms with Gasteiger partial charge in [0.15, 0.2) is 5.82 Å². The average Bonchev–Trinajstić information content (AvgIpc) is 3.12. The zero-order valence-electron chi connectivity index (χ0n) is 29.3. The largest absolute Gasteiger partial charge is 0.494 e. The predicted molar refractivity (Wildman–Crippen MR) is 194 cm³/mol. The number of aliphatic hydroxyl groups excluding tert-OH is 1. The lowest BCUT2D eigenvalue weighted by atomic mass is 9.86. The molecule has 0 aliphatic heterocycles. The Morgan fingerprint density at radius 2 is 1.38 bits per heavy atom. The lowest BCUT2D eigenvalue weighted by Gasteiger charge is -2.22. The van der Waals surface area contributed by atoms with Crippen molar-refractivity contribution in [2.75, 3.05) is 13.2 Å². The summed E-state index contributed by atoms with van der Waals surface area (Å²) in [5.74, 6) is -1.22. The minimum atomic E-state index is -1.51. The molecular weight excluding hydrogens is 632 g/mol. The monoisotopic (exact) mass is 680 g/mol. The van der Waals surface area contributed by atoms with Gasteiger partial charge in [-0.05, 0) is 52.8 Å². The van der Waals surface area contributed by atoms with Crippen molar-refractivity contribution in [3.63, 3.8) is 0 Å². The molecule has 1 aromatic heterocycles. The number of carboxylic acids is 1. The van der Waals surface area contributed by atoms with Gasteiger partial charge in [0, 0.05) is 35.5 Å². The van der Waals surface area contributed by atoms with E-state index < -0.39 is 36.5 Å². The molecule has 0 aliphatic rings. The fourth-order valence-corrected chi connectivity index (χ4v) is 5.32. The molecule has 0 aliphatic carbocycles. The molecule has 0 radical (unpaired) electrons. The molecule has 50 heavy (non-hydrogen) atoms. The van der Waals surface area contributed by atoms with E-state index in [0.29, 0.717) is 23.6 Å². The quantitative estimate of drug-likeness (QED) is 0.0941. The topological polar surface area (TPSA) is 151 Å². The highest BCUT2D eigenvalue weighted by molar-refractivity contribution is 5.98. The van der Waals surface area contributed by atoms with Gasteiger partial charge in [-0.25, -0.2) is 14.8 Å². The molecule has 0 bridgehead atoms. The summed E-state index contributed by atoms with van der Waals surface area (Å²) < 4.78 is 5.88. The maximum Gasteiger partial charge on any atom is 0.328 e. The fraction of sp³-hybridized carbons (Fsp3) is 0.375. The van der Waals surface area contributed by atoms with Crippen LogP contribution in [-0.4, -0.2) is 63.3 Å². The summed E-state index contributed by atoms with van der Waals surface area (Å²) in [4.78, 5) is 47.0. The molecule has 0 saturated heterocycles. The van der Waals surface area contributed by atoms with E-state index >= 15 is 0 Å². The number of unbranched alkanes of at least 4 members (excludes halogenated alkanes) is 4. The summed E-state index contributed by atoms with van der Waals surface area (Å²) in [7, 11) is 0. The van der Waals surface area contributed by atoms with Gasteiger partial charge in [0.1, 0.15) is 17.8 Å². The number of rotatable bonds is 17. The van der Waals surface area contributed by atoms with Crippen molar-refractivity contribution in [2.45, 2.75) is 83.7 Å². The highest BCUT2D eigenvalue weighted by Gasteiger charge is 2.27. The molecule has 264 valence electrons. The summed E-state index contributed by atoms with van der Waals surface area (Å²) in [5.41, 5.74) is 4.65. The Morgan fingerprint density at radius 1 is 0.760 bits per heavy atom. The first kappa shape index (κ1) is 37.7. The smallest absolute Gasteiger partial charge is 0.328 e. The molecule has 0 spiro atoms. The number of hydrogen-bond acceptors (Lipinski definition) is 7. The number of carbonyl (C=O) groups excluding carboxylic acids is 2. The van der Waals surface area contributed by atoms with Gasteiger partial charge in [-0.1, -0.05) is 102 Å². The van der Waals surface area contributed by atoms with Crippen LogP contribution in [-0.2, 0) is 21.4 Å². The molecule has 0 fully saturated rings. The SMILES string of the molecule is CCCCCCCOc1ccc(-c2cnc(-c3ccc(C[C@H](NC(=O)c4ccc(C(C)(C)C)cc4)C(=O)NC(CO)C(=O)O)cc3)nc2)cc1. The average molecular weight is 681 g/mol. The second kappa shape index (κ2) is 18.1. The number of aliphatic hydroxyl groups is 1. The number of hydrogen-bond donors (Lipinski definition) is 4. The number of aromatic nitrogens is 2. The Bertz CT molecular complexity index is 1680. The highest BCUT2D eigenvalue weighted by atomic mass is 16.5. The van der Waals surface area contributed by atoms with E-state index in [2.05, 4.69) is 48.3 Å². The fourth-order valence-electron chi connectivity index (χ4n) is 5.32. The zero-order valence-corrected chi connectivity index (χ0v) is 29.3. The summed E-state index contributed by atoms with van der Waals surface area (Å²) in [6.07, 6.45) is 9.58. The molecule has 2 atom stereocenters. The van der Waals surface area contributed by atoms with E-state index in [0.717, 1.165) is 34.4 Å². The minimum absolute atomic E-state index is 0.0774. The van der Waals surface area contributed by atoms with Crippen molar-refractivity contribution in [3.05, 3.63) is 102 Å². The van der Waals surface area contributed by atoms with Gasteiger partial charge in [0.05, 0.1) is 13.2 Å². The van der Waals surface area contributed by atoms with Crippen molar-refractivity contribution < 1.29 is 29.3 Å². The molecule has 1 unspecified atom stereocenters. The maximum atomic E-state index is 13.2. The van der Waals surface area contributed by atoms with Crippen molar-refractivity contribution in [2.24, 2.45) is 0 Å². The summed E-state index contributed by atoms with van der Waals surface area (Å²) >= 11 is 0. The normalized spacial score (nSPS) is 12.5. The van der Waals surface area contributed by atoms with Gasteiger partial charge in [-0.2, -0.15) is 0 Å². The molecule has 10 nitrogen and oxygen atoms in total. The van der Waals surface area contributed by atoms with Crippen LogP contribution in [0.25, 0.3) is 22.5 Å². The van der Waals surface area contributed by atoms with E-state index in [1.54, 1.807) is 36.7 Å². The second-order valence-corrected chi connectivity index (χ2v) is 13.4. The Morgan fingerprint density at radius 3 is 1.96 bits per heavy atom. The van der Waals surface area contributed by atoms with Crippen LogP contribution < -0.4 is 15.4 Å². The molecule has 10 heteroatoms. The van der Waals surface area contributed by atoms with E-state index in [1.807, 2.05) is 48.5 Å². The Kier molecular flexibility index (Phi) is 13.6. The molecule has 4 N–H and O–H groups in total. The van der Waals surface area contributed by atoms with Crippen LogP contribution in [0.2, 0.25) is 0 Å². The highest BCUT2D eigenvalue weighted by Crippen LogP contribution is 2.24. The van der Waals surface area contributed by atoms with Gasteiger partial charge in [0.25, 0.3) is 5.91 Å². The van der Waals surface area contributed by atoms with Crippen LogP contribution in [0, 0.1) is 0 Å². The van der Waals surface area contributed by atoms with Crippen molar-refractivity contribution >= 4 is 17.8 Å². The lowest BCUT2D eigenvalue weighted by Crippen LogP contribution is -2.53. The summed E-state index contributed by atoms with van der Waals surface area (Å²) in [6, 6.07) is 19.7. The maximum absolute atomic E-state index is 13.2. The third kappa shape index (κ3) is 11.0.